The Morgan fingerprint density at radius 2 is 1.76 bits per heavy atom. The van der Waals surface area contributed by atoms with Gasteiger partial charge in [-0.25, -0.2) is 17.6 Å². The summed E-state index contributed by atoms with van der Waals surface area (Å²) in [4.78, 5) is 0. The molecule has 0 saturated carbocycles. The van der Waals surface area contributed by atoms with E-state index in [0.29, 0.717) is 0 Å². The molecule has 1 aliphatic heterocycles. The van der Waals surface area contributed by atoms with E-state index in [2.05, 4.69) is 8.57 Å². The molecule has 1 aliphatic rings. The van der Waals surface area contributed by atoms with Gasteiger partial charge in [0.25, 0.3) is 0 Å². The third-order valence-corrected chi connectivity index (χ3v) is 2.30. The second-order valence-corrected chi connectivity index (χ2v) is 3.90. The van der Waals surface area contributed by atoms with Crippen LogP contribution in [0.25, 0.3) is 0 Å². The average molecular weight is 274 g/mol. The van der Waals surface area contributed by atoms with E-state index in [1.165, 1.54) is 5.59 Å². The summed E-state index contributed by atoms with van der Waals surface area (Å²) in [5, 5.41) is -0.0176. The Morgan fingerprint density at radius 1 is 1.12 bits per heavy atom. The highest BCUT2D eigenvalue weighted by Gasteiger charge is 2.33. The molecule has 1 fully saturated rings. The highest BCUT2D eigenvalue weighted by Crippen LogP contribution is 2.27. The number of halogens is 4. The molecular weight excluding hydrogens is 272 g/mol. The molecule has 0 unspecified atom stereocenters. The molecule has 0 amide bonds. The maximum atomic E-state index is 13.2. The van der Waals surface area contributed by atoms with E-state index in [-0.39, 0.29) is 11.2 Å². The molecule has 2 rings (SSSR count). The molecule has 0 aliphatic carbocycles. The maximum Gasteiger partial charge on any atom is 0.440 e. The summed E-state index contributed by atoms with van der Waals surface area (Å²) in [5.74, 6) is -7.73. The smallest absolute Gasteiger partial charge is 0.204 e. The normalized spacial score (nSPS) is 18.7. The zero-order chi connectivity index (χ0) is 12.8. The van der Waals surface area contributed by atoms with Crippen LogP contribution >= 0.6 is 0 Å². The van der Waals surface area contributed by atoms with Crippen LogP contribution in [0.15, 0.2) is 6.07 Å². The maximum absolute atomic E-state index is 13.2. The summed E-state index contributed by atoms with van der Waals surface area (Å²) in [6, 6.07) is 0.185. The highest BCUT2D eigenvalue weighted by molar-refractivity contribution is 7.82. The molecule has 6 nitrogen and oxygen atoms in total. The zero-order valence-electron chi connectivity index (χ0n) is 7.58. The van der Waals surface area contributed by atoms with Crippen molar-refractivity contribution in [3.8, 4) is 0 Å². The lowest BCUT2D eigenvalue weighted by Crippen LogP contribution is -2.29. The Morgan fingerprint density at radius 3 is 2.29 bits per heavy atom. The van der Waals surface area contributed by atoms with Crippen molar-refractivity contribution >= 4 is 16.1 Å². The predicted octanol–water partition coefficient (Wildman–Crippen LogP) is 0.676. The highest BCUT2D eigenvalue weighted by atomic mass is 32.3. The molecule has 0 spiro atoms. The van der Waals surface area contributed by atoms with E-state index >= 15 is 0 Å². The number of nitrogens with zero attached hydrogens (tertiary/aromatic N) is 1. The van der Waals surface area contributed by atoms with Gasteiger partial charge in [-0.3, -0.25) is 0 Å². The molecule has 0 radical (unpaired) electrons. The molecule has 11 heteroatoms. The Kier molecular flexibility index (Phi) is 2.69. The fourth-order valence-corrected chi connectivity index (χ4v) is 1.48. The molecule has 1 saturated heterocycles. The number of nitrogens with one attached hydrogen (secondary N) is 1. The van der Waals surface area contributed by atoms with Crippen LogP contribution in [0.5, 0.6) is 0 Å². The van der Waals surface area contributed by atoms with Gasteiger partial charge in [-0.2, -0.15) is 8.42 Å². The minimum atomic E-state index is -4.49. The van der Waals surface area contributed by atoms with Crippen molar-refractivity contribution in [3.05, 3.63) is 29.3 Å². The van der Waals surface area contributed by atoms with E-state index in [1.54, 1.807) is 0 Å². The van der Waals surface area contributed by atoms with Gasteiger partial charge in [0.2, 0.25) is 0 Å². The summed E-state index contributed by atoms with van der Waals surface area (Å²) in [5.41, 5.74) is 0.466. The second kappa shape index (κ2) is 3.80. The van der Waals surface area contributed by atoms with Crippen molar-refractivity contribution < 1.29 is 34.5 Å². The van der Waals surface area contributed by atoms with E-state index in [1.807, 2.05) is 0 Å². The van der Waals surface area contributed by atoms with Crippen LogP contribution in [0.2, 0.25) is 0 Å². The quantitative estimate of drug-likeness (QED) is 0.461. The largest absolute Gasteiger partial charge is 0.440 e. The van der Waals surface area contributed by atoms with Gasteiger partial charge < -0.3 is 0 Å². The molecule has 0 aromatic heterocycles. The molecule has 1 aromatic rings. The first-order valence-electron chi connectivity index (χ1n) is 3.83. The first kappa shape index (κ1) is 12.0. The summed E-state index contributed by atoms with van der Waals surface area (Å²) < 4.78 is 80.3. The van der Waals surface area contributed by atoms with E-state index < -0.39 is 39.4 Å². The minimum Gasteiger partial charge on any atom is -0.204 e. The molecule has 0 bridgehead atoms. The topological polar surface area (TPSA) is 67.9 Å². The molecule has 1 N–H and O–H groups in total. The Hall–Kier alpha value is -1.43. The molecule has 1 aromatic carbocycles. The lowest BCUT2D eigenvalue weighted by Gasteiger charge is -2.12. The number of hydrogen-bond donors (Lipinski definition) is 1. The van der Waals surface area contributed by atoms with Crippen LogP contribution in [0, 0.1) is 23.3 Å². The van der Waals surface area contributed by atoms with Gasteiger partial charge in [-0.05, 0) is 0 Å². The van der Waals surface area contributed by atoms with Crippen LogP contribution in [0.1, 0.15) is 0 Å². The summed E-state index contributed by atoms with van der Waals surface area (Å²) in [6.45, 7) is 0. The Bertz CT molecular complexity index is 578. The standard InChI is InChI=1S/C6H2F4N2O4S/c7-2-1-3(5(9)6(10)4(2)8)12-11-15-17(13,14)16-12/h1,11H. The van der Waals surface area contributed by atoms with Crippen LogP contribution in [0.3, 0.4) is 0 Å². The molecule has 0 atom stereocenters. The third-order valence-electron chi connectivity index (χ3n) is 1.69. The number of hydrazine groups is 1. The van der Waals surface area contributed by atoms with Gasteiger partial charge in [0.1, 0.15) is 5.69 Å². The van der Waals surface area contributed by atoms with Crippen molar-refractivity contribution in [1.29, 1.82) is 0 Å². The van der Waals surface area contributed by atoms with E-state index in [0.717, 1.165) is 0 Å². The molecule has 1 heterocycles. The lowest BCUT2D eigenvalue weighted by molar-refractivity contribution is 0.194. The molecular formula is C6H2F4N2O4S. The van der Waals surface area contributed by atoms with Crippen molar-refractivity contribution in [1.82, 2.24) is 5.59 Å². The molecule has 17 heavy (non-hydrogen) atoms. The minimum absolute atomic E-state index is 0.0176. The van der Waals surface area contributed by atoms with Crippen molar-refractivity contribution in [2.45, 2.75) is 0 Å². The van der Waals surface area contributed by atoms with Crippen LogP contribution in [-0.2, 0) is 19.0 Å². The fraction of sp³-hybridized carbons (Fsp3) is 0. The third kappa shape index (κ3) is 2.04. The summed E-state index contributed by atoms with van der Waals surface area (Å²) >= 11 is 0. The van der Waals surface area contributed by atoms with Crippen molar-refractivity contribution in [2.75, 3.05) is 5.17 Å². The van der Waals surface area contributed by atoms with Crippen molar-refractivity contribution in [3.63, 3.8) is 0 Å². The second-order valence-electron chi connectivity index (χ2n) is 2.77. The Balaban J connectivity index is 2.48. The van der Waals surface area contributed by atoms with Crippen LogP contribution < -0.4 is 10.8 Å². The number of hydrogen-bond acceptors (Lipinski definition) is 6. The van der Waals surface area contributed by atoms with Crippen LogP contribution in [0.4, 0.5) is 23.2 Å². The van der Waals surface area contributed by atoms with Crippen LogP contribution in [-0.4, -0.2) is 8.42 Å². The van der Waals surface area contributed by atoms with E-state index in [4.69, 9.17) is 0 Å². The monoisotopic (exact) mass is 274 g/mol. The summed E-state index contributed by atoms with van der Waals surface area (Å²) in [6.07, 6.45) is 0. The van der Waals surface area contributed by atoms with Gasteiger partial charge in [-0.15, -0.1) is 13.7 Å². The van der Waals surface area contributed by atoms with Gasteiger partial charge in [0.05, 0.1) is 0 Å². The van der Waals surface area contributed by atoms with E-state index in [9.17, 15) is 26.0 Å². The van der Waals surface area contributed by atoms with Gasteiger partial charge in [-0.1, -0.05) is 5.59 Å². The average Bonchev–Trinajstić information content (AvgIpc) is 2.61. The zero-order valence-corrected chi connectivity index (χ0v) is 8.39. The van der Waals surface area contributed by atoms with Gasteiger partial charge in [0.15, 0.2) is 23.3 Å². The number of rotatable bonds is 1. The number of anilines is 1. The lowest BCUT2D eigenvalue weighted by atomic mass is 10.2. The predicted molar refractivity (Wildman–Crippen MR) is 43.0 cm³/mol. The molecule has 94 valence electrons. The summed E-state index contributed by atoms with van der Waals surface area (Å²) in [7, 11) is -4.49. The first-order chi connectivity index (χ1) is 7.82. The van der Waals surface area contributed by atoms with Gasteiger partial charge in [0, 0.05) is 6.07 Å². The number of benzene rings is 1. The van der Waals surface area contributed by atoms with Gasteiger partial charge >= 0.3 is 10.4 Å². The first-order valence-corrected chi connectivity index (χ1v) is 5.17. The Labute approximate surface area is 91.5 Å². The fourth-order valence-electron chi connectivity index (χ4n) is 0.999. The SMILES string of the molecule is O=S1(=O)ONN(c2cc(F)c(F)c(F)c2F)O1. The van der Waals surface area contributed by atoms with Crippen molar-refractivity contribution in [2.24, 2.45) is 0 Å².